The van der Waals surface area contributed by atoms with Gasteiger partial charge < -0.3 is 9.15 Å². The van der Waals surface area contributed by atoms with Crippen LogP contribution in [0.15, 0.2) is 62.9 Å². The summed E-state index contributed by atoms with van der Waals surface area (Å²) in [5.74, 6) is 1.21. The summed E-state index contributed by atoms with van der Waals surface area (Å²) in [6.07, 6.45) is 0.957. The fraction of sp³-hybridized carbons (Fsp3) is 0.158. The van der Waals surface area contributed by atoms with Gasteiger partial charge in [-0.05, 0) is 66.7 Å². The van der Waals surface area contributed by atoms with Crippen LogP contribution in [0.2, 0.25) is 5.02 Å². The number of hydrogen-bond acceptors (Lipinski definition) is 5. The van der Waals surface area contributed by atoms with E-state index in [4.69, 9.17) is 20.8 Å². The SMILES string of the molecule is CCCOc1ccc(-c2nc(C#N)c(Sc3ccc(Cl)cc3)o2)cc1. The van der Waals surface area contributed by atoms with Gasteiger partial charge in [0.15, 0.2) is 5.69 Å². The summed E-state index contributed by atoms with van der Waals surface area (Å²) < 4.78 is 11.4. The standard InChI is InChI=1S/C19H15ClN2O2S/c1-2-11-23-15-7-3-13(4-8-15)18-22-17(12-21)19(24-18)25-16-9-5-14(20)6-10-16/h3-10H,2,11H2,1H3. The lowest BCUT2D eigenvalue weighted by Crippen LogP contribution is -1.94. The van der Waals surface area contributed by atoms with E-state index in [0.29, 0.717) is 22.6 Å². The van der Waals surface area contributed by atoms with Crippen LogP contribution in [0, 0.1) is 11.3 Å². The summed E-state index contributed by atoms with van der Waals surface area (Å²) in [4.78, 5) is 5.21. The highest BCUT2D eigenvalue weighted by atomic mass is 35.5. The van der Waals surface area contributed by atoms with Gasteiger partial charge in [-0.1, -0.05) is 18.5 Å². The number of hydrogen-bond donors (Lipinski definition) is 0. The molecule has 1 aromatic heterocycles. The zero-order valence-electron chi connectivity index (χ0n) is 13.5. The summed E-state index contributed by atoms with van der Waals surface area (Å²) in [7, 11) is 0. The molecule has 0 fully saturated rings. The van der Waals surface area contributed by atoms with E-state index in [-0.39, 0.29) is 5.69 Å². The molecule has 0 saturated heterocycles. The predicted molar refractivity (Wildman–Crippen MR) is 98.0 cm³/mol. The first-order chi connectivity index (χ1) is 12.2. The van der Waals surface area contributed by atoms with E-state index in [1.807, 2.05) is 36.4 Å². The molecule has 0 radical (unpaired) electrons. The van der Waals surface area contributed by atoms with Gasteiger partial charge in [0.25, 0.3) is 0 Å². The van der Waals surface area contributed by atoms with Gasteiger partial charge in [0.2, 0.25) is 11.0 Å². The zero-order valence-corrected chi connectivity index (χ0v) is 15.1. The molecule has 1 heterocycles. The zero-order chi connectivity index (χ0) is 17.6. The van der Waals surface area contributed by atoms with Gasteiger partial charge in [-0.15, -0.1) is 0 Å². The maximum Gasteiger partial charge on any atom is 0.228 e. The number of nitriles is 1. The van der Waals surface area contributed by atoms with Gasteiger partial charge >= 0.3 is 0 Å². The second-order valence-electron chi connectivity index (χ2n) is 5.20. The van der Waals surface area contributed by atoms with Gasteiger partial charge in [0.05, 0.1) is 6.61 Å². The van der Waals surface area contributed by atoms with E-state index in [1.165, 1.54) is 11.8 Å². The highest BCUT2D eigenvalue weighted by molar-refractivity contribution is 7.99. The summed E-state index contributed by atoms with van der Waals surface area (Å²) in [5.41, 5.74) is 1.06. The van der Waals surface area contributed by atoms with Crippen molar-refractivity contribution >= 4 is 23.4 Å². The average Bonchev–Trinajstić information content (AvgIpc) is 3.05. The molecular formula is C19H15ClN2O2S. The molecule has 0 N–H and O–H groups in total. The smallest absolute Gasteiger partial charge is 0.228 e. The lowest BCUT2D eigenvalue weighted by Gasteiger charge is -2.04. The van der Waals surface area contributed by atoms with Crippen LogP contribution in [0.3, 0.4) is 0 Å². The van der Waals surface area contributed by atoms with Crippen LogP contribution in [0.1, 0.15) is 19.0 Å². The number of nitrogens with zero attached hydrogens (tertiary/aromatic N) is 2. The number of oxazole rings is 1. The van der Waals surface area contributed by atoms with Crippen LogP contribution >= 0.6 is 23.4 Å². The highest BCUT2D eigenvalue weighted by Gasteiger charge is 2.16. The van der Waals surface area contributed by atoms with Gasteiger partial charge in [0, 0.05) is 15.5 Å². The van der Waals surface area contributed by atoms with Crippen molar-refractivity contribution in [2.45, 2.75) is 23.3 Å². The molecule has 0 bridgehead atoms. The van der Waals surface area contributed by atoms with Crippen LogP contribution in [-0.4, -0.2) is 11.6 Å². The average molecular weight is 371 g/mol. The molecule has 2 aromatic carbocycles. The Morgan fingerprint density at radius 1 is 1.16 bits per heavy atom. The van der Waals surface area contributed by atoms with Gasteiger partial charge in [-0.3, -0.25) is 0 Å². The Hall–Kier alpha value is -2.42. The third-order valence-electron chi connectivity index (χ3n) is 3.30. The molecule has 0 saturated carbocycles. The van der Waals surface area contributed by atoms with Crippen molar-refractivity contribution in [1.82, 2.24) is 4.98 Å². The van der Waals surface area contributed by atoms with E-state index in [9.17, 15) is 5.26 Å². The molecule has 4 nitrogen and oxygen atoms in total. The third kappa shape index (κ3) is 4.36. The van der Waals surface area contributed by atoms with Gasteiger partial charge in [0.1, 0.15) is 11.8 Å². The Morgan fingerprint density at radius 3 is 2.52 bits per heavy atom. The molecule has 3 aromatic rings. The Balaban J connectivity index is 1.82. The summed E-state index contributed by atoms with van der Waals surface area (Å²) >= 11 is 7.24. The van der Waals surface area contributed by atoms with Crippen molar-refractivity contribution in [3.63, 3.8) is 0 Å². The topological polar surface area (TPSA) is 59.0 Å². The van der Waals surface area contributed by atoms with Gasteiger partial charge in [-0.2, -0.15) is 10.2 Å². The summed E-state index contributed by atoms with van der Waals surface area (Å²) in [6, 6.07) is 16.9. The third-order valence-corrected chi connectivity index (χ3v) is 4.52. The second-order valence-corrected chi connectivity index (χ2v) is 6.68. The van der Waals surface area contributed by atoms with E-state index >= 15 is 0 Å². The minimum atomic E-state index is 0.265. The van der Waals surface area contributed by atoms with Crippen LogP contribution in [0.25, 0.3) is 11.5 Å². The van der Waals surface area contributed by atoms with E-state index in [0.717, 1.165) is 22.6 Å². The monoisotopic (exact) mass is 370 g/mol. The van der Waals surface area contributed by atoms with Crippen molar-refractivity contribution in [3.8, 4) is 23.3 Å². The minimum Gasteiger partial charge on any atom is -0.494 e. The van der Waals surface area contributed by atoms with Crippen LogP contribution in [0.5, 0.6) is 5.75 Å². The molecule has 0 unspecified atom stereocenters. The van der Waals surface area contributed by atoms with Gasteiger partial charge in [-0.25, -0.2) is 0 Å². The molecule has 0 aliphatic rings. The largest absolute Gasteiger partial charge is 0.494 e. The van der Waals surface area contributed by atoms with Crippen LogP contribution in [0.4, 0.5) is 0 Å². The van der Waals surface area contributed by atoms with Crippen molar-refractivity contribution in [1.29, 1.82) is 5.26 Å². The number of halogens is 1. The summed E-state index contributed by atoms with van der Waals surface area (Å²) in [6.45, 7) is 2.74. The van der Waals surface area contributed by atoms with E-state index < -0.39 is 0 Å². The number of rotatable bonds is 6. The first-order valence-corrected chi connectivity index (χ1v) is 8.96. The van der Waals surface area contributed by atoms with Crippen molar-refractivity contribution in [2.75, 3.05) is 6.61 Å². The molecule has 6 heteroatoms. The Labute approximate surface area is 155 Å². The first-order valence-electron chi connectivity index (χ1n) is 7.77. The number of benzene rings is 2. The number of aromatic nitrogens is 1. The molecule has 0 atom stereocenters. The summed E-state index contributed by atoms with van der Waals surface area (Å²) in [5, 5.41) is 10.4. The Morgan fingerprint density at radius 2 is 1.88 bits per heavy atom. The highest BCUT2D eigenvalue weighted by Crippen LogP contribution is 2.34. The fourth-order valence-electron chi connectivity index (χ4n) is 2.09. The molecule has 0 spiro atoms. The van der Waals surface area contributed by atoms with E-state index in [1.54, 1.807) is 12.1 Å². The molecule has 25 heavy (non-hydrogen) atoms. The lowest BCUT2D eigenvalue weighted by atomic mass is 10.2. The molecule has 0 amide bonds. The normalized spacial score (nSPS) is 10.4. The fourth-order valence-corrected chi connectivity index (χ4v) is 3.01. The maximum absolute atomic E-state index is 9.32. The number of ether oxygens (including phenoxy) is 1. The Kier molecular flexibility index (Phi) is 5.64. The molecular weight excluding hydrogens is 356 g/mol. The quantitative estimate of drug-likeness (QED) is 0.548. The molecule has 0 aliphatic carbocycles. The predicted octanol–water partition coefficient (Wildman–Crippen LogP) is 5.81. The minimum absolute atomic E-state index is 0.265. The lowest BCUT2D eigenvalue weighted by molar-refractivity contribution is 0.317. The van der Waals surface area contributed by atoms with Crippen LogP contribution in [-0.2, 0) is 0 Å². The van der Waals surface area contributed by atoms with E-state index in [2.05, 4.69) is 18.0 Å². The van der Waals surface area contributed by atoms with Crippen LogP contribution < -0.4 is 4.74 Å². The molecule has 3 rings (SSSR count). The van der Waals surface area contributed by atoms with Crippen molar-refractivity contribution in [2.24, 2.45) is 0 Å². The van der Waals surface area contributed by atoms with Crippen molar-refractivity contribution < 1.29 is 9.15 Å². The molecule has 126 valence electrons. The second kappa shape index (κ2) is 8.11. The molecule has 0 aliphatic heterocycles. The first kappa shape index (κ1) is 17.4. The van der Waals surface area contributed by atoms with Crippen molar-refractivity contribution in [3.05, 3.63) is 59.2 Å². The Bertz CT molecular complexity index is 883. The maximum atomic E-state index is 9.32.